The van der Waals surface area contributed by atoms with Gasteiger partial charge in [0.25, 0.3) is 10.2 Å². The maximum absolute atomic E-state index is 11.9. The van der Waals surface area contributed by atoms with Crippen LogP contribution in [0.4, 0.5) is 13.2 Å². The first-order valence-electron chi connectivity index (χ1n) is 4.70. The summed E-state index contributed by atoms with van der Waals surface area (Å²) in [6.07, 6.45) is -3.58. The van der Waals surface area contributed by atoms with Crippen molar-refractivity contribution in [3.63, 3.8) is 0 Å². The summed E-state index contributed by atoms with van der Waals surface area (Å²) >= 11 is 0. The van der Waals surface area contributed by atoms with E-state index in [9.17, 15) is 21.6 Å². The summed E-state index contributed by atoms with van der Waals surface area (Å²) in [4.78, 5) is 0. The maximum Gasteiger partial charge on any atom is 0.402 e. The average molecular weight is 262 g/mol. The van der Waals surface area contributed by atoms with E-state index in [4.69, 9.17) is 5.11 Å². The van der Waals surface area contributed by atoms with E-state index in [1.165, 1.54) is 4.72 Å². The molecule has 0 bridgehead atoms. The molecule has 0 aromatic heterocycles. The van der Waals surface area contributed by atoms with Gasteiger partial charge in [-0.25, -0.2) is 0 Å². The van der Waals surface area contributed by atoms with Gasteiger partial charge in [-0.3, -0.25) is 0 Å². The zero-order chi connectivity index (χ0) is 12.4. The monoisotopic (exact) mass is 262 g/mol. The highest BCUT2D eigenvalue weighted by Gasteiger charge is 2.36. The molecule has 16 heavy (non-hydrogen) atoms. The molecule has 1 aliphatic heterocycles. The van der Waals surface area contributed by atoms with Crippen molar-refractivity contribution >= 4 is 10.2 Å². The maximum atomic E-state index is 11.9. The first-order chi connectivity index (χ1) is 7.26. The molecule has 0 unspecified atom stereocenters. The van der Waals surface area contributed by atoms with Gasteiger partial charge in [0.05, 0.1) is 6.61 Å². The third-order valence-electron chi connectivity index (χ3n) is 2.30. The molecule has 1 saturated heterocycles. The fourth-order valence-corrected chi connectivity index (χ4v) is 3.01. The van der Waals surface area contributed by atoms with Crippen LogP contribution in [0.5, 0.6) is 0 Å². The molecule has 0 aliphatic carbocycles. The molecule has 1 aliphatic rings. The van der Waals surface area contributed by atoms with Crippen molar-refractivity contribution in [3.8, 4) is 0 Å². The molecular formula is C7H13F3N2O3S. The molecule has 1 heterocycles. The lowest BCUT2D eigenvalue weighted by atomic mass is 10.2. The molecule has 1 rings (SSSR count). The molecule has 0 aromatic carbocycles. The topological polar surface area (TPSA) is 69.6 Å². The summed E-state index contributed by atoms with van der Waals surface area (Å²) < 4.78 is 60.8. The lowest BCUT2D eigenvalue weighted by molar-refractivity contribution is -0.121. The Morgan fingerprint density at radius 3 is 2.56 bits per heavy atom. The minimum atomic E-state index is -4.58. The third kappa shape index (κ3) is 3.58. The summed E-state index contributed by atoms with van der Waals surface area (Å²) in [6.45, 7) is -1.84. The third-order valence-corrected chi connectivity index (χ3v) is 3.90. The second kappa shape index (κ2) is 4.86. The highest BCUT2D eigenvalue weighted by molar-refractivity contribution is 7.87. The van der Waals surface area contributed by atoms with Crippen LogP contribution in [0.1, 0.15) is 12.8 Å². The van der Waals surface area contributed by atoms with Gasteiger partial charge in [-0.1, -0.05) is 0 Å². The zero-order valence-corrected chi connectivity index (χ0v) is 9.18. The molecule has 96 valence electrons. The van der Waals surface area contributed by atoms with E-state index in [1.54, 1.807) is 0 Å². The van der Waals surface area contributed by atoms with Gasteiger partial charge < -0.3 is 5.11 Å². The number of aliphatic hydroxyl groups is 1. The van der Waals surface area contributed by atoms with E-state index in [2.05, 4.69) is 0 Å². The van der Waals surface area contributed by atoms with Crippen molar-refractivity contribution in [3.05, 3.63) is 0 Å². The molecule has 5 nitrogen and oxygen atoms in total. The van der Waals surface area contributed by atoms with Crippen molar-refractivity contribution in [1.29, 1.82) is 0 Å². The summed E-state index contributed by atoms with van der Waals surface area (Å²) in [5, 5.41) is 8.87. The number of rotatable bonds is 4. The van der Waals surface area contributed by atoms with Crippen molar-refractivity contribution < 1.29 is 26.7 Å². The second-order valence-corrected chi connectivity index (χ2v) is 5.24. The molecular weight excluding hydrogens is 249 g/mol. The Labute approximate surface area is 91.4 Å². The Hall–Kier alpha value is -0.380. The summed E-state index contributed by atoms with van der Waals surface area (Å²) in [7, 11) is -4.15. The van der Waals surface area contributed by atoms with Gasteiger partial charge in [0.1, 0.15) is 6.54 Å². The van der Waals surface area contributed by atoms with Crippen LogP contribution >= 0.6 is 0 Å². The smallest absolute Gasteiger partial charge is 0.395 e. The van der Waals surface area contributed by atoms with Gasteiger partial charge in [0.2, 0.25) is 0 Å². The van der Waals surface area contributed by atoms with Crippen LogP contribution in [0.2, 0.25) is 0 Å². The summed E-state index contributed by atoms with van der Waals surface area (Å²) in [6, 6.07) is -0.620. The largest absolute Gasteiger partial charge is 0.402 e. The van der Waals surface area contributed by atoms with E-state index in [-0.39, 0.29) is 13.2 Å². The SMILES string of the molecule is O=S(=O)(NCC(F)(F)F)N1CCC[C@H]1CO. The standard InChI is InChI=1S/C7H13F3N2O3S/c8-7(9,10)5-11-16(14,15)12-3-1-2-6(12)4-13/h6,11,13H,1-5H2/t6-/m0/s1. The Balaban J connectivity index is 2.63. The molecule has 0 radical (unpaired) electrons. The Kier molecular flexibility index (Phi) is 4.16. The van der Waals surface area contributed by atoms with Crippen molar-refractivity contribution in [2.45, 2.75) is 25.1 Å². The van der Waals surface area contributed by atoms with Gasteiger partial charge in [-0.05, 0) is 12.8 Å². The predicted molar refractivity (Wildman–Crippen MR) is 49.8 cm³/mol. The van der Waals surface area contributed by atoms with E-state index in [1.807, 2.05) is 0 Å². The van der Waals surface area contributed by atoms with Crippen LogP contribution < -0.4 is 4.72 Å². The molecule has 2 N–H and O–H groups in total. The van der Waals surface area contributed by atoms with Crippen LogP contribution in [-0.4, -0.2) is 49.7 Å². The summed E-state index contributed by atoms with van der Waals surface area (Å²) in [5.74, 6) is 0. The van der Waals surface area contributed by atoms with Crippen LogP contribution in [0, 0.1) is 0 Å². The van der Waals surface area contributed by atoms with E-state index >= 15 is 0 Å². The Bertz CT molecular complexity index is 330. The fraction of sp³-hybridized carbons (Fsp3) is 1.00. The lowest BCUT2D eigenvalue weighted by Gasteiger charge is -2.22. The highest BCUT2D eigenvalue weighted by Crippen LogP contribution is 2.20. The number of halogens is 3. The number of alkyl halides is 3. The number of hydrogen-bond donors (Lipinski definition) is 2. The molecule has 0 amide bonds. The van der Waals surface area contributed by atoms with Crippen LogP contribution in [0.25, 0.3) is 0 Å². The fourth-order valence-electron chi connectivity index (χ4n) is 1.56. The van der Waals surface area contributed by atoms with Gasteiger partial charge in [0, 0.05) is 12.6 Å². The number of hydrogen-bond acceptors (Lipinski definition) is 3. The predicted octanol–water partition coefficient (Wildman–Crippen LogP) is -0.160. The molecule has 0 spiro atoms. The number of nitrogens with zero attached hydrogens (tertiary/aromatic N) is 1. The minimum absolute atomic E-state index is 0.137. The van der Waals surface area contributed by atoms with Crippen LogP contribution in [0.15, 0.2) is 0 Å². The normalized spacial score (nSPS) is 23.9. The highest BCUT2D eigenvalue weighted by atomic mass is 32.2. The zero-order valence-electron chi connectivity index (χ0n) is 8.37. The molecule has 9 heteroatoms. The first kappa shape index (κ1) is 13.7. The van der Waals surface area contributed by atoms with E-state index < -0.39 is 29.0 Å². The number of aliphatic hydroxyl groups excluding tert-OH is 1. The summed E-state index contributed by atoms with van der Waals surface area (Å²) in [5.41, 5.74) is 0. The quantitative estimate of drug-likeness (QED) is 0.739. The van der Waals surface area contributed by atoms with Crippen molar-refractivity contribution in [1.82, 2.24) is 9.03 Å². The lowest BCUT2D eigenvalue weighted by Crippen LogP contribution is -2.47. The Morgan fingerprint density at radius 2 is 2.06 bits per heavy atom. The molecule has 1 atom stereocenters. The van der Waals surface area contributed by atoms with Gasteiger partial charge in [0.15, 0.2) is 0 Å². The van der Waals surface area contributed by atoms with Crippen LogP contribution in [0.3, 0.4) is 0 Å². The van der Waals surface area contributed by atoms with Gasteiger partial charge >= 0.3 is 6.18 Å². The number of nitrogens with one attached hydrogen (secondary N) is 1. The molecule has 0 saturated carbocycles. The van der Waals surface area contributed by atoms with Gasteiger partial charge in [-0.15, -0.1) is 0 Å². The van der Waals surface area contributed by atoms with Crippen LogP contribution in [-0.2, 0) is 10.2 Å². The van der Waals surface area contributed by atoms with E-state index in [0.29, 0.717) is 12.8 Å². The van der Waals surface area contributed by atoms with Crippen molar-refractivity contribution in [2.24, 2.45) is 0 Å². The second-order valence-electron chi connectivity index (χ2n) is 3.53. The van der Waals surface area contributed by atoms with Crippen molar-refractivity contribution in [2.75, 3.05) is 19.7 Å². The average Bonchev–Trinajstić information content (AvgIpc) is 2.62. The minimum Gasteiger partial charge on any atom is -0.395 e. The molecule has 1 fully saturated rings. The first-order valence-corrected chi connectivity index (χ1v) is 6.14. The Morgan fingerprint density at radius 1 is 1.44 bits per heavy atom. The van der Waals surface area contributed by atoms with E-state index in [0.717, 1.165) is 4.31 Å². The van der Waals surface area contributed by atoms with Gasteiger partial charge in [-0.2, -0.15) is 30.6 Å². The molecule has 0 aromatic rings.